The summed E-state index contributed by atoms with van der Waals surface area (Å²) in [7, 11) is 0. The van der Waals surface area contributed by atoms with Crippen LogP contribution in [0, 0.1) is 0 Å². The molecule has 0 fully saturated rings. The lowest BCUT2D eigenvalue weighted by molar-refractivity contribution is 1.57. The Labute approximate surface area is 223 Å². The second-order valence-electron chi connectivity index (χ2n) is 9.67. The third-order valence-electron chi connectivity index (χ3n) is 7.45. The van der Waals surface area contributed by atoms with Crippen LogP contribution in [0.15, 0.2) is 158 Å². The number of benzene rings is 7. The van der Waals surface area contributed by atoms with Crippen molar-refractivity contribution in [2.24, 2.45) is 0 Å². The van der Waals surface area contributed by atoms with E-state index in [1.807, 2.05) is 0 Å². The first-order valence-electron chi connectivity index (χ1n) is 13.1. The smallest absolute Gasteiger partial charge is 0.00139 e. The minimum absolute atomic E-state index is 1.22. The van der Waals surface area contributed by atoms with Gasteiger partial charge in [0.05, 0.1) is 0 Å². The SMILES string of the molecule is c1ccc(-c2c(-c3ccccc3)c(-c3ccccc3)c3c(ccc4ccccc43)c2-c2ccccc2)cc1. The summed E-state index contributed by atoms with van der Waals surface area (Å²) in [6.07, 6.45) is 0. The van der Waals surface area contributed by atoms with Crippen molar-refractivity contribution in [3.8, 4) is 44.5 Å². The predicted octanol–water partition coefficient (Wildman–Crippen LogP) is 10.7. The maximum atomic E-state index is 2.33. The van der Waals surface area contributed by atoms with Crippen molar-refractivity contribution in [3.05, 3.63) is 158 Å². The van der Waals surface area contributed by atoms with Crippen LogP contribution < -0.4 is 0 Å². The standard InChI is InChI=1S/C38H26/c1-5-16-28(17-6-1)34-33-26-25-27-15-13-14-24-32(27)38(33)37(31-22-11-4-12-23-31)36(30-20-9-3-10-21-30)35(34)29-18-7-2-8-19-29/h1-26H. The van der Waals surface area contributed by atoms with Crippen LogP contribution >= 0.6 is 0 Å². The van der Waals surface area contributed by atoms with Crippen LogP contribution in [0.3, 0.4) is 0 Å². The van der Waals surface area contributed by atoms with E-state index in [9.17, 15) is 0 Å². The van der Waals surface area contributed by atoms with Gasteiger partial charge in [-0.3, -0.25) is 0 Å². The molecule has 7 aromatic carbocycles. The molecule has 7 aromatic rings. The van der Waals surface area contributed by atoms with Gasteiger partial charge in [-0.25, -0.2) is 0 Å². The maximum Gasteiger partial charge on any atom is -0.00139 e. The van der Waals surface area contributed by atoms with E-state index in [1.165, 1.54) is 66.1 Å². The number of fused-ring (bicyclic) bond motifs is 3. The summed E-state index contributed by atoms with van der Waals surface area (Å²) < 4.78 is 0. The van der Waals surface area contributed by atoms with Gasteiger partial charge < -0.3 is 0 Å². The van der Waals surface area contributed by atoms with Crippen molar-refractivity contribution in [2.75, 3.05) is 0 Å². The third kappa shape index (κ3) is 3.70. The molecule has 0 aliphatic rings. The highest BCUT2D eigenvalue weighted by atomic mass is 14.3. The Balaban J connectivity index is 1.82. The summed E-state index contributed by atoms with van der Waals surface area (Å²) in [5.74, 6) is 0. The second kappa shape index (κ2) is 9.50. The Morgan fingerprint density at radius 2 is 0.632 bits per heavy atom. The van der Waals surface area contributed by atoms with Crippen molar-refractivity contribution in [1.82, 2.24) is 0 Å². The minimum atomic E-state index is 1.22. The first-order chi connectivity index (χ1) is 18.9. The lowest BCUT2D eigenvalue weighted by Crippen LogP contribution is -1.98. The maximum absolute atomic E-state index is 2.33. The van der Waals surface area contributed by atoms with E-state index in [1.54, 1.807) is 0 Å². The van der Waals surface area contributed by atoms with Crippen LogP contribution in [0.1, 0.15) is 0 Å². The van der Waals surface area contributed by atoms with Crippen molar-refractivity contribution >= 4 is 21.5 Å². The quantitative estimate of drug-likeness (QED) is 0.219. The molecule has 0 spiro atoms. The predicted molar refractivity (Wildman–Crippen MR) is 163 cm³/mol. The first-order valence-corrected chi connectivity index (χ1v) is 13.1. The molecule has 0 unspecified atom stereocenters. The van der Waals surface area contributed by atoms with Crippen molar-refractivity contribution in [1.29, 1.82) is 0 Å². The van der Waals surface area contributed by atoms with E-state index in [0.717, 1.165) is 0 Å². The normalized spacial score (nSPS) is 11.2. The largest absolute Gasteiger partial charge is 0.0622 e. The molecule has 0 aromatic heterocycles. The highest BCUT2D eigenvalue weighted by Gasteiger charge is 2.24. The Hall–Kier alpha value is -4.94. The van der Waals surface area contributed by atoms with Gasteiger partial charge in [-0.15, -0.1) is 0 Å². The Morgan fingerprint density at radius 3 is 1.16 bits per heavy atom. The molecular formula is C38H26. The van der Waals surface area contributed by atoms with E-state index < -0.39 is 0 Å². The second-order valence-corrected chi connectivity index (χ2v) is 9.67. The fraction of sp³-hybridized carbons (Fsp3) is 0. The molecule has 0 heterocycles. The van der Waals surface area contributed by atoms with Crippen LogP contribution in [0.2, 0.25) is 0 Å². The van der Waals surface area contributed by atoms with Crippen LogP contribution in [0.25, 0.3) is 66.1 Å². The van der Waals surface area contributed by atoms with E-state index in [-0.39, 0.29) is 0 Å². The summed E-state index contributed by atoms with van der Waals surface area (Å²) in [5.41, 5.74) is 9.98. The highest BCUT2D eigenvalue weighted by Crippen LogP contribution is 2.52. The molecule has 0 atom stereocenters. The van der Waals surface area contributed by atoms with Gasteiger partial charge in [0.15, 0.2) is 0 Å². The third-order valence-corrected chi connectivity index (χ3v) is 7.45. The number of rotatable bonds is 4. The van der Waals surface area contributed by atoms with E-state index in [4.69, 9.17) is 0 Å². The zero-order valence-electron chi connectivity index (χ0n) is 21.0. The number of hydrogen-bond donors (Lipinski definition) is 0. The van der Waals surface area contributed by atoms with Crippen molar-refractivity contribution < 1.29 is 0 Å². The molecule has 0 bridgehead atoms. The zero-order chi connectivity index (χ0) is 25.3. The molecule has 0 saturated carbocycles. The lowest BCUT2D eigenvalue weighted by Gasteiger charge is -2.25. The van der Waals surface area contributed by atoms with Gasteiger partial charge in [-0.2, -0.15) is 0 Å². The molecule has 0 nitrogen and oxygen atoms in total. The first kappa shape index (κ1) is 22.3. The zero-order valence-corrected chi connectivity index (χ0v) is 21.0. The Bertz CT molecular complexity index is 1870. The fourth-order valence-electron chi connectivity index (χ4n) is 5.84. The summed E-state index contributed by atoms with van der Waals surface area (Å²) in [5, 5.41) is 5.10. The van der Waals surface area contributed by atoms with Gasteiger partial charge in [0.2, 0.25) is 0 Å². The van der Waals surface area contributed by atoms with Crippen LogP contribution in [0.4, 0.5) is 0 Å². The topological polar surface area (TPSA) is 0 Å². The lowest BCUT2D eigenvalue weighted by atomic mass is 9.78. The van der Waals surface area contributed by atoms with E-state index in [2.05, 4.69) is 158 Å². The van der Waals surface area contributed by atoms with Gasteiger partial charge in [-0.1, -0.05) is 158 Å². The molecule has 0 saturated heterocycles. The summed E-state index contributed by atoms with van der Waals surface area (Å²) in [4.78, 5) is 0. The monoisotopic (exact) mass is 482 g/mol. The molecule has 0 aliphatic heterocycles. The molecule has 178 valence electrons. The molecule has 38 heavy (non-hydrogen) atoms. The van der Waals surface area contributed by atoms with Crippen molar-refractivity contribution in [2.45, 2.75) is 0 Å². The number of hydrogen-bond acceptors (Lipinski definition) is 0. The average molecular weight is 483 g/mol. The molecule has 0 radical (unpaired) electrons. The van der Waals surface area contributed by atoms with E-state index in [0.29, 0.717) is 0 Å². The Morgan fingerprint density at radius 1 is 0.237 bits per heavy atom. The molecule has 0 aliphatic carbocycles. The van der Waals surface area contributed by atoms with E-state index >= 15 is 0 Å². The van der Waals surface area contributed by atoms with Crippen molar-refractivity contribution in [3.63, 3.8) is 0 Å². The molecular weight excluding hydrogens is 456 g/mol. The molecule has 0 N–H and O–H groups in total. The van der Waals surface area contributed by atoms with Crippen LogP contribution in [-0.4, -0.2) is 0 Å². The van der Waals surface area contributed by atoms with Gasteiger partial charge in [0.25, 0.3) is 0 Å². The summed E-state index contributed by atoms with van der Waals surface area (Å²) in [6.45, 7) is 0. The van der Waals surface area contributed by atoms with Gasteiger partial charge in [0.1, 0.15) is 0 Å². The van der Waals surface area contributed by atoms with Gasteiger partial charge in [-0.05, 0) is 66.1 Å². The van der Waals surface area contributed by atoms with Gasteiger partial charge >= 0.3 is 0 Å². The average Bonchev–Trinajstić information content (AvgIpc) is 3.01. The van der Waals surface area contributed by atoms with Crippen LogP contribution in [-0.2, 0) is 0 Å². The molecule has 0 amide bonds. The molecule has 7 rings (SSSR count). The van der Waals surface area contributed by atoms with Crippen LogP contribution in [0.5, 0.6) is 0 Å². The minimum Gasteiger partial charge on any atom is -0.0622 e. The fourth-order valence-corrected chi connectivity index (χ4v) is 5.84. The summed E-state index contributed by atoms with van der Waals surface area (Å²) >= 11 is 0. The molecule has 0 heteroatoms. The Kier molecular flexibility index (Phi) is 5.57. The highest BCUT2D eigenvalue weighted by molar-refractivity contribution is 6.25. The van der Waals surface area contributed by atoms with Gasteiger partial charge in [0, 0.05) is 0 Å². The summed E-state index contributed by atoms with van der Waals surface area (Å²) in [6, 6.07) is 56.9.